The lowest BCUT2D eigenvalue weighted by molar-refractivity contribution is 0.548. The van der Waals surface area contributed by atoms with Gasteiger partial charge in [0.25, 0.3) is 0 Å². The van der Waals surface area contributed by atoms with Crippen LogP contribution in [0.25, 0.3) is 0 Å². The molecule has 2 heteroatoms. The smallest absolute Gasteiger partial charge is 0.00198 e. The van der Waals surface area contributed by atoms with Crippen LogP contribution in [0.2, 0.25) is 0 Å². The minimum absolute atomic E-state index is 0. The van der Waals surface area contributed by atoms with Gasteiger partial charge in [-0.05, 0) is 11.5 Å². The second kappa shape index (κ2) is 6.86. The summed E-state index contributed by atoms with van der Waals surface area (Å²) in [4.78, 5) is 0. The monoisotopic (exact) mass is 213 g/mol. The van der Waals surface area contributed by atoms with Gasteiger partial charge in [0.05, 0.1) is 0 Å². The fourth-order valence-electron chi connectivity index (χ4n) is 1.31. The normalized spacial score (nSPS) is 12.3. The van der Waals surface area contributed by atoms with Gasteiger partial charge in [0.2, 0.25) is 0 Å². The number of rotatable bonds is 4. The fraction of sp³-hybridized carbons (Fsp3) is 0.500. The quantitative estimate of drug-likeness (QED) is 0.810. The Kier molecular flexibility index (Phi) is 6.60. The van der Waals surface area contributed by atoms with Gasteiger partial charge in [0, 0.05) is 12.6 Å². The number of halogens is 1. The van der Waals surface area contributed by atoms with Crippen molar-refractivity contribution in [2.75, 3.05) is 6.54 Å². The van der Waals surface area contributed by atoms with E-state index in [1.807, 2.05) is 0 Å². The van der Waals surface area contributed by atoms with Crippen molar-refractivity contribution in [3.05, 3.63) is 35.9 Å². The molecule has 1 unspecified atom stereocenters. The molecule has 14 heavy (non-hydrogen) atoms. The van der Waals surface area contributed by atoms with Gasteiger partial charge in [-0.25, -0.2) is 0 Å². The molecule has 0 amide bonds. The number of hydrogen-bond donors (Lipinski definition) is 1. The van der Waals surface area contributed by atoms with Crippen LogP contribution in [-0.4, -0.2) is 12.6 Å². The zero-order chi connectivity index (χ0) is 9.68. The van der Waals surface area contributed by atoms with Crippen LogP contribution in [0.4, 0.5) is 0 Å². The first-order valence-corrected chi connectivity index (χ1v) is 4.98. The van der Waals surface area contributed by atoms with E-state index in [9.17, 15) is 0 Å². The van der Waals surface area contributed by atoms with E-state index >= 15 is 0 Å². The Labute approximate surface area is 93.3 Å². The third kappa shape index (κ3) is 4.64. The van der Waals surface area contributed by atoms with Crippen molar-refractivity contribution in [3.63, 3.8) is 0 Å². The van der Waals surface area contributed by atoms with Crippen LogP contribution in [0.5, 0.6) is 0 Å². The molecule has 0 bridgehead atoms. The van der Waals surface area contributed by atoms with Crippen LogP contribution >= 0.6 is 12.4 Å². The molecular weight excluding hydrogens is 194 g/mol. The Morgan fingerprint density at radius 1 is 1.07 bits per heavy atom. The average molecular weight is 214 g/mol. The highest BCUT2D eigenvalue weighted by Crippen LogP contribution is 2.12. The zero-order valence-corrected chi connectivity index (χ0v) is 9.97. The zero-order valence-electron chi connectivity index (χ0n) is 9.16. The van der Waals surface area contributed by atoms with Crippen molar-refractivity contribution in [2.45, 2.75) is 32.7 Å². The Balaban J connectivity index is 0.00000169. The summed E-state index contributed by atoms with van der Waals surface area (Å²) in [6.45, 7) is 7.67. The molecule has 0 aliphatic carbocycles. The van der Waals surface area contributed by atoms with Crippen molar-refractivity contribution in [2.24, 2.45) is 0 Å². The van der Waals surface area contributed by atoms with Gasteiger partial charge in [0.1, 0.15) is 0 Å². The topological polar surface area (TPSA) is 12.0 Å². The highest BCUT2D eigenvalue weighted by molar-refractivity contribution is 5.85. The number of benzene rings is 1. The van der Waals surface area contributed by atoms with Crippen molar-refractivity contribution in [1.82, 2.24) is 5.32 Å². The van der Waals surface area contributed by atoms with Crippen LogP contribution in [0.3, 0.4) is 0 Å². The van der Waals surface area contributed by atoms with Crippen LogP contribution in [-0.2, 0) is 0 Å². The summed E-state index contributed by atoms with van der Waals surface area (Å²) in [5, 5.41) is 3.44. The standard InChI is InChI=1S/C12H19N.ClH/c1-10(2)13-9-11(3)12-7-5-4-6-8-12;/h4-8,10-11,13H,9H2,1-3H3;1H. The molecule has 0 aliphatic rings. The van der Waals surface area contributed by atoms with Crippen LogP contribution in [0.15, 0.2) is 30.3 Å². The van der Waals surface area contributed by atoms with Gasteiger partial charge in [-0.15, -0.1) is 12.4 Å². The van der Waals surface area contributed by atoms with E-state index in [-0.39, 0.29) is 12.4 Å². The molecule has 0 saturated heterocycles. The van der Waals surface area contributed by atoms with E-state index in [4.69, 9.17) is 0 Å². The summed E-state index contributed by atoms with van der Waals surface area (Å²) in [5.74, 6) is 0.601. The van der Waals surface area contributed by atoms with Crippen LogP contribution < -0.4 is 5.32 Å². The van der Waals surface area contributed by atoms with E-state index in [0.29, 0.717) is 12.0 Å². The molecule has 1 aromatic carbocycles. The summed E-state index contributed by atoms with van der Waals surface area (Å²) in [6, 6.07) is 11.2. The molecule has 0 saturated carbocycles. The van der Waals surface area contributed by atoms with E-state index in [1.165, 1.54) is 5.56 Å². The van der Waals surface area contributed by atoms with Gasteiger partial charge in [-0.3, -0.25) is 0 Å². The van der Waals surface area contributed by atoms with Gasteiger partial charge in [0.15, 0.2) is 0 Å². The van der Waals surface area contributed by atoms with Gasteiger partial charge >= 0.3 is 0 Å². The lowest BCUT2D eigenvalue weighted by atomic mass is 10.0. The average Bonchev–Trinajstić information content (AvgIpc) is 2.15. The second-order valence-corrected chi connectivity index (χ2v) is 3.87. The maximum atomic E-state index is 3.44. The van der Waals surface area contributed by atoms with E-state index in [0.717, 1.165) is 6.54 Å². The molecule has 1 N–H and O–H groups in total. The molecule has 0 aliphatic heterocycles. The first-order chi connectivity index (χ1) is 6.20. The van der Waals surface area contributed by atoms with E-state index < -0.39 is 0 Å². The summed E-state index contributed by atoms with van der Waals surface area (Å²) < 4.78 is 0. The van der Waals surface area contributed by atoms with Crippen molar-refractivity contribution >= 4 is 12.4 Å². The third-order valence-corrected chi connectivity index (χ3v) is 2.20. The summed E-state index contributed by atoms with van der Waals surface area (Å²) >= 11 is 0. The second-order valence-electron chi connectivity index (χ2n) is 3.87. The summed E-state index contributed by atoms with van der Waals surface area (Å²) in [7, 11) is 0. The lowest BCUT2D eigenvalue weighted by Gasteiger charge is -2.14. The first kappa shape index (κ1) is 13.5. The molecule has 1 atom stereocenters. The highest BCUT2D eigenvalue weighted by atomic mass is 35.5. The number of nitrogens with one attached hydrogen (secondary N) is 1. The molecule has 0 aromatic heterocycles. The molecule has 0 fully saturated rings. The lowest BCUT2D eigenvalue weighted by Crippen LogP contribution is -2.26. The molecule has 1 rings (SSSR count). The summed E-state index contributed by atoms with van der Waals surface area (Å²) in [5.41, 5.74) is 1.41. The summed E-state index contributed by atoms with van der Waals surface area (Å²) in [6.07, 6.45) is 0. The largest absolute Gasteiger partial charge is 0.314 e. The molecule has 80 valence electrons. The van der Waals surface area contributed by atoms with Gasteiger partial charge < -0.3 is 5.32 Å². The molecule has 0 radical (unpaired) electrons. The maximum Gasteiger partial charge on any atom is 0.00198 e. The highest BCUT2D eigenvalue weighted by Gasteiger charge is 2.04. The predicted octanol–water partition coefficient (Wildman–Crippen LogP) is 3.21. The Bertz CT molecular complexity index is 233. The number of hydrogen-bond acceptors (Lipinski definition) is 1. The van der Waals surface area contributed by atoms with E-state index in [1.54, 1.807) is 0 Å². The van der Waals surface area contributed by atoms with Crippen molar-refractivity contribution in [3.8, 4) is 0 Å². The maximum absolute atomic E-state index is 3.44. The van der Waals surface area contributed by atoms with Crippen LogP contribution in [0, 0.1) is 0 Å². The molecule has 0 heterocycles. The molecule has 0 spiro atoms. The van der Waals surface area contributed by atoms with Gasteiger partial charge in [-0.2, -0.15) is 0 Å². The minimum atomic E-state index is 0. The SMILES string of the molecule is CC(C)NCC(C)c1ccccc1.Cl. The fourth-order valence-corrected chi connectivity index (χ4v) is 1.31. The first-order valence-electron chi connectivity index (χ1n) is 4.98. The predicted molar refractivity (Wildman–Crippen MR) is 65.2 cm³/mol. The Morgan fingerprint density at radius 2 is 1.64 bits per heavy atom. The molecule has 1 nitrogen and oxygen atoms in total. The van der Waals surface area contributed by atoms with Crippen LogP contribution in [0.1, 0.15) is 32.3 Å². The van der Waals surface area contributed by atoms with Crippen molar-refractivity contribution < 1.29 is 0 Å². The van der Waals surface area contributed by atoms with E-state index in [2.05, 4.69) is 56.4 Å². The van der Waals surface area contributed by atoms with Crippen molar-refractivity contribution in [1.29, 1.82) is 0 Å². The Hall–Kier alpha value is -0.530. The Morgan fingerprint density at radius 3 is 2.14 bits per heavy atom. The third-order valence-electron chi connectivity index (χ3n) is 2.20. The van der Waals surface area contributed by atoms with Gasteiger partial charge in [-0.1, -0.05) is 51.1 Å². The molecule has 1 aromatic rings. The molecular formula is C12H20ClN. The minimum Gasteiger partial charge on any atom is -0.314 e.